The molecule has 1 nitrogen and oxygen atoms in total. The first kappa shape index (κ1) is 15.9. The molecular weight excluding hydrogens is 301 g/mol. The Kier molecular flexibility index (Phi) is 4.60. The standard InChI is InChI=1S/C19H19F3O/c20-19(21,22)23-18-12-10-17(11-13-18)16-8-6-15(7-9-16)14-4-2-1-3-5-14/h6-14H,1-5H2. The lowest BCUT2D eigenvalue weighted by Gasteiger charge is -2.22. The van der Waals surface area contributed by atoms with Gasteiger partial charge in [0.2, 0.25) is 0 Å². The van der Waals surface area contributed by atoms with E-state index < -0.39 is 6.36 Å². The number of halogens is 3. The topological polar surface area (TPSA) is 9.23 Å². The Morgan fingerprint density at radius 3 is 1.78 bits per heavy atom. The summed E-state index contributed by atoms with van der Waals surface area (Å²) in [4.78, 5) is 0. The predicted octanol–water partition coefficient (Wildman–Crippen LogP) is 6.30. The zero-order valence-electron chi connectivity index (χ0n) is 12.8. The van der Waals surface area contributed by atoms with Gasteiger partial charge < -0.3 is 4.74 Å². The van der Waals surface area contributed by atoms with Gasteiger partial charge in [-0.05, 0) is 47.6 Å². The van der Waals surface area contributed by atoms with Crippen molar-refractivity contribution in [1.29, 1.82) is 0 Å². The molecule has 0 aliphatic heterocycles. The van der Waals surface area contributed by atoms with Crippen molar-refractivity contribution in [2.75, 3.05) is 0 Å². The fraction of sp³-hybridized carbons (Fsp3) is 0.368. The Bertz CT molecular complexity index is 623. The van der Waals surface area contributed by atoms with E-state index in [1.54, 1.807) is 12.1 Å². The zero-order chi connectivity index (χ0) is 16.3. The third kappa shape index (κ3) is 4.27. The summed E-state index contributed by atoms with van der Waals surface area (Å²) in [6, 6.07) is 14.4. The molecule has 0 N–H and O–H groups in total. The fourth-order valence-corrected chi connectivity index (χ4v) is 3.23. The van der Waals surface area contributed by atoms with Crippen molar-refractivity contribution in [2.24, 2.45) is 0 Å². The van der Waals surface area contributed by atoms with Gasteiger partial charge in [0.25, 0.3) is 0 Å². The van der Waals surface area contributed by atoms with E-state index in [9.17, 15) is 13.2 Å². The van der Waals surface area contributed by atoms with Gasteiger partial charge in [-0.2, -0.15) is 0 Å². The number of hydrogen-bond acceptors (Lipinski definition) is 1. The molecule has 1 fully saturated rings. The number of rotatable bonds is 3. The normalized spacial score (nSPS) is 16.3. The van der Waals surface area contributed by atoms with E-state index in [1.165, 1.54) is 49.8 Å². The maximum Gasteiger partial charge on any atom is 0.573 e. The summed E-state index contributed by atoms with van der Waals surface area (Å²) in [6.07, 6.45) is 1.79. The first-order chi connectivity index (χ1) is 11.0. The smallest absolute Gasteiger partial charge is 0.406 e. The Morgan fingerprint density at radius 1 is 0.739 bits per heavy atom. The van der Waals surface area contributed by atoms with E-state index in [1.807, 2.05) is 12.1 Å². The van der Waals surface area contributed by atoms with Crippen molar-refractivity contribution in [1.82, 2.24) is 0 Å². The second-order valence-corrected chi connectivity index (χ2v) is 6.03. The zero-order valence-corrected chi connectivity index (χ0v) is 12.8. The number of benzene rings is 2. The van der Waals surface area contributed by atoms with Crippen LogP contribution in [0.3, 0.4) is 0 Å². The maximum absolute atomic E-state index is 12.2. The van der Waals surface area contributed by atoms with Crippen LogP contribution < -0.4 is 4.74 Å². The number of alkyl halides is 3. The van der Waals surface area contributed by atoms with E-state index in [4.69, 9.17) is 0 Å². The van der Waals surface area contributed by atoms with E-state index in [0.717, 1.165) is 11.1 Å². The Labute approximate surface area is 134 Å². The summed E-state index contributed by atoms with van der Waals surface area (Å²) in [6.45, 7) is 0. The summed E-state index contributed by atoms with van der Waals surface area (Å²) in [5.41, 5.74) is 3.25. The fourth-order valence-electron chi connectivity index (χ4n) is 3.23. The Balaban J connectivity index is 1.71. The molecule has 0 heterocycles. The molecule has 0 saturated heterocycles. The van der Waals surface area contributed by atoms with Crippen molar-refractivity contribution in [3.63, 3.8) is 0 Å². The van der Waals surface area contributed by atoms with Crippen molar-refractivity contribution in [3.05, 3.63) is 54.1 Å². The molecule has 2 aromatic rings. The van der Waals surface area contributed by atoms with Gasteiger partial charge in [0.1, 0.15) is 5.75 Å². The second kappa shape index (κ2) is 6.65. The molecule has 0 bridgehead atoms. The first-order valence-corrected chi connectivity index (χ1v) is 7.97. The molecule has 2 aromatic carbocycles. The van der Waals surface area contributed by atoms with Gasteiger partial charge in [0, 0.05) is 0 Å². The van der Waals surface area contributed by atoms with Gasteiger partial charge in [0.15, 0.2) is 0 Å². The molecule has 4 heteroatoms. The highest BCUT2D eigenvalue weighted by atomic mass is 19.4. The summed E-state index contributed by atoms with van der Waals surface area (Å²) >= 11 is 0. The van der Waals surface area contributed by atoms with Crippen LogP contribution in [0.2, 0.25) is 0 Å². The highest BCUT2D eigenvalue weighted by Crippen LogP contribution is 2.34. The molecule has 1 aliphatic carbocycles. The van der Waals surface area contributed by atoms with Crippen LogP contribution in [-0.4, -0.2) is 6.36 Å². The lowest BCUT2D eigenvalue weighted by atomic mass is 9.84. The van der Waals surface area contributed by atoms with Crippen LogP contribution in [-0.2, 0) is 0 Å². The third-order valence-electron chi connectivity index (χ3n) is 4.41. The quantitative estimate of drug-likeness (QED) is 0.645. The van der Waals surface area contributed by atoms with E-state index in [0.29, 0.717) is 5.92 Å². The van der Waals surface area contributed by atoms with Crippen LogP contribution in [0, 0.1) is 0 Å². The third-order valence-corrected chi connectivity index (χ3v) is 4.41. The molecule has 0 amide bonds. The van der Waals surface area contributed by atoms with E-state index in [2.05, 4.69) is 16.9 Å². The van der Waals surface area contributed by atoms with Crippen LogP contribution in [0.15, 0.2) is 48.5 Å². The van der Waals surface area contributed by atoms with Gasteiger partial charge in [0.05, 0.1) is 0 Å². The molecule has 0 unspecified atom stereocenters. The molecule has 0 aromatic heterocycles. The minimum Gasteiger partial charge on any atom is -0.406 e. The van der Waals surface area contributed by atoms with Crippen LogP contribution in [0.4, 0.5) is 13.2 Å². The summed E-state index contributed by atoms with van der Waals surface area (Å²) in [5, 5.41) is 0. The molecule has 0 radical (unpaired) electrons. The minimum absolute atomic E-state index is 0.194. The lowest BCUT2D eigenvalue weighted by Crippen LogP contribution is -2.16. The minimum atomic E-state index is -4.65. The van der Waals surface area contributed by atoms with Crippen molar-refractivity contribution < 1.29 is 17.9 Å². The molecule has 23 heavy (non-hydrogen) atoms. The second-order valence-electron chi connectivity index (χ2n) is 6.03. The first-order valence-electron chi connectivity index (χ1n) is 7.97. The number of ether oxygens (including phenoxy) is 1. The monoisotopic (exact) mass is 320 g/mol. The largest absolute Gasteiger partial charge is 0.573 e. The Hall–Kier alpha value is -1.97. The summed E-state index contributed by atoms with van der Waals surface area (Å²) in [5.74, 6) is 0.459. The molecule has 122 valence electrons. The SMILES string of the molecule is FC(F)(F)Oc1ccc(-c2ccc(C3CCCCC3)cc2)cc1. The molecule has 3 rings (SSSR count). The van der Waals surface area contributed by atoms with Crippen molar-refractivity contribution in [3.8, 4) is 16.9 Å². The number of hydrogen-bond donors (Lipinski definition) is 0. The van der Waals surface area contributed by atoms with Crippen LogP contribution in [0.25, 0.3) is 11.1 Å². The van der Waals surface area contributed by atoms with E-state index >= 15 is 0 Å². The maximum atomic E-state index is 12.2. The van der Waals surface area contributed by atoms with Crippen LogP contribution in [0.1, 0.15) is 43.6 Å². The molecule has 0 spiro atoms. The highest BCUT2D eigenvalue weighted by Gasteiger charge is 2.30. The molecular formula is C19H19F3O. The molecule has 1 aliphatic rings. The van der Waals surface area contributed by atoms with Crippen LogP contribution >= 0.6 is 0 Å². The summed E-state index contributed by atoms with van der Waals surface area (Å²) < 4.78 is 40.4. The predicted molar refractivity (Wildman–Crippen MR) is 84.4 cm³/mol. The Morgan fingerprint density at radius 2 is 1.26 bits per heavy atom. The lowest BCUT2D eigenvalue weighted by molar-refractivity contribution is -0.274. The highest BCUT2D eigenvalue weighted by molar-refractivity contribution is 5.64. The van der Waals surface area contributed by atoms with Crippen molar-refractivity contribution >= 4 is 0 Å². The van der Waals surface area contributed by atoms with Gasteiger partial charge in [-0.3, -0.25) is 0 Å². The van der Waals surface area contributed by atoms with Gasteiger partial charge >= 0.3 is 6.36 Å². The van der Waals surface area contributed by atoms with Gasteiger partial charge in [-0.1, -0.05) is 55.7 Å². The van der Waals surface area contributed by atoms with Gasteiger partial charge in [-0.15, -0.1) is 13.2 Å². The summed E-state index contributed by atoms with van der Waals surface area (Å²) in [7, 11) is 0. The van der Waals surface area contributed by atoms with Gasteiger partial charge in [-0.25, -0.2) is 0 Å². The molecule has 0 atom stereocenters. The van der Waals surface area contributed by atoms with Crippen molar-refractivity contribution in [2.45, 2.75) is 44.4 Å². The van der Waals surface area contributed by atoms with Crippen LogP contribution in [0.5, 0.6) is 5.75 Å². The van der Waals surface area contributed by atoms with E-state index in [-0.39, 0.29) is 5.75 Å². The average Bonchev–Trinajstić information content (AvgIpc) is 2.55. The molecule has 1 saturated carbocycles. The average molecular weight is 320 g/mol.